The van der Waals surface area contributed by atoms with Gasteiger partial charge in [0, 0.05) is 12.6 Å². The molecular formula is C20H23NO3. The molecule has 0 saturated carbocycles. The smallest absolute Gasteiger partial charge is 0.339 e. The molecule has 4 nitrogen and oxygen atoms in total. The fourth-order valence-electron chi connectivity index (χ4n) is 3.35. The standard InChI is InChI=1S/C20H23NO3/c22-20(23)18-10-4-5-11-19(18)24-14-13-21-12-6-9-17(21)15-16-7-2-1-3-8-16/h1-5,7-8,10-11,17H,6,9,12-15H2,(H,22,23). The molecule has 1 fully saturated rings. The van der Waals surface area contributed by atoms with Gasteiger partial charge in [-0.05, 0) is 43.5 Å². The van der Waals surface area contributed by atoms with E-state index in [-0.39, 0.29) is 5.56 Å². The van der Waals surface area contributed by atoms with E-state index < -0.39 is 5.97 Å². The SMILES string of the molecule is O=C(O)c1ccccc1OCCN1CCCC1Cc1ccccc1. The van der Waals surface area contributed by atoms with Crippen LogP contribution in [0.1, 0.15) is 28.8 Å². The van der Waals surface area contributed by atoms with E-state index in [1.807, 2.05) is 6.07 Å². The van der Waals surface area contributed by atoms with Crippen LogP contribution >= 0.6 is 0 Å². The van der Waals surface area contributed by atoms with Crippen LogP contribution in [0.5, 0.6) is 5.75 Å². The Balaban J connectivity index is 1.53. The number of benzene rings is 2. The van der Waals surface area contributed by atoms with Gasteiger partial charge in [-0.1, -0.05) is 42.5 Å². The van der Waals surface area contributed by atoms with Crippen LogP contribution < -0.4 is 4.74 Å². The summed E-state index contributed by atoms with van der Waals surface area (Å²) in [4.78, 5) is 13.7. The van der Waals surface area contributed by atoms with Crippen molar-refractivity contribution in [3.8, 4) is 5.75 Å². The van der Waals surface area contributed by atoms with E-state index in [2.05, 4.69) is 29.2 Å². The molecule has 1 saturated heterocycles. The van der Waals surface area contributed by atoms with Crippen LogP contribution in [0.4, 0.5) is 0 Å². The van der Waals surface area contributed by atoms with Crippen LogP contribution in [0.15, 0.2) is 54.6 Å². The number of carboxylic acid groups (broad SMARTS) is 1. The average Bonchev–Trinajstić information content (AvgIpc) is 3.03. The number of para-hydroxylation sites is 1. The van der Waals surface area contributed by atoms with Crippen LogP contribution in [0.2, 0.25) is 0 Å². The molecule has 1 aliphatic rings. The van der Waals surface area contributed by atoms with E-state index in [1.165, 1.54) is 18.4 Å². The average molecular weight is 325 g/mol. The van der Waals surface area contributed by atoms with Crippen molar-refractivity contribution in [2.45, 2.75) is 25.3 Å². The van der Waals surface area contributed by atoms with Crippen molar-refractivity contribution in [1.82, 2.24) is 4.90 Å². The molecule has 2 aromatic rings. The van der Waals surface area contributed by atoms with Crippen LogP contribution in [0.25, 0.3) is 0 Å². The van der Waals surface area contributed by atoms with Crippen molar-refractivity contribution >= 4 is 5.97 Å². The Morgan fingerprint density at radius 1 is 1.12 bits per heavy atom. The van der Waals surface area contributed by atoms with Crippen molar-refractivity contribution in [1.29, 1.82) is 0 Å². The lowest BCUT2D eigenvalue weighted by molar-refractivity contribution is 0.0691. The lowest BCUT2D eigenvalue weighted by Crippen LogP contribution is -2.34. The fourth-order valence-corrected chi connectivity index (χ4v) is 3.35. The van der Waals surface area contributed by atoms with Crippen LogP contribution in [-0.2, 0) is 6.42 Å². The summed E-state index contributed by atoms with van der Waals surface area (Å²) in [5.41, 5.74) is 1.59. The Morgan fingerprint density at radius 2 is 1.88 bits per heavy atom. The zero-order valence-corrected chi connectivity index (χ0v) is 13.7. The molecule has 0 aliphatic carbocycles. The van der Waals surface area contributed by atoms with Crippen molar-refractivity contribution in [3.05, 3.63) is 65.7 Å². The fraction of sp³-hybridized carbons (Fsp3) is 0.350. The first-order chi connectivity index (χ1) is 11.7. The predicted octanol–water partition coefficient (Wildman–Crippen LogP) is 3.47. The van der Waals surface area contributed by atoms with Crippen molar-refractivity contribution in [2.24, 2.45) is 0 Å². The first-order valence-corrected chi connectivity index (χ1v) is 8.47. The molecule has 1 N–H and O–H groups in total. The molecule has 0 bridgehead atoms. The zero-order valence-electron chi connectivity index (χ0n) is 13.7. The van der Waals surface area contributed by atoms with E-state index in [0.29, 0.717) is 18.4 Å². The molecule has 3 rings (SSSR count). The minimum atomic E-state index is -0.950. The lowest BCUT2D eigenvalue weighted by atomic mass is 10.0. The number of aromatic carboxylic acids is 1. The Hall–Kier alpha value is -2.33. The van der Waals surface area contributed by atoms with Gasteiger partial charge in [0.25, 0.3) is 0 Å². The molecule has 0 aromatic heterocycles. The topological polar surface area (TPSA) is 49.8 Å². The van der Waals surface area contributed by atoms with Crippen LogP contribution in [0.3, 0.4) is 0 Å². The molecule has 0 amide bonds. The van der Waals surface area contributed by atoms with Gasteiger partial charge in [0.05, 0.1) is 0 Å². The molecule has 0 spiro atoms. The van der Waals surface area contributed by atoms with Gasteiger partial charge in [-0.3, -0.25) is 4.90 Å². The third kappa shape index (κ3) is 4.15. The normalized spacial score (nSPS) is 17.8. The summed E-state index contributed by atoms with van der Waals surface area (Å²) in [5.74, 6) is -0.502. The Kier molecular flexibility index (Phi) is 5.49. The number of rotatable bonds is 7. The number of likely N-dealkylation sites (tertiary alicyclic amines) is 1. The maximum absolute atomic E-state index is 11.2. The number of carbonyl (C=O) groups is 1. The quantitative estimate of drug-likeness (QED) is 0.847. The predicted molar refractivity (Wildman–Crippen MR) is 93.6 cm³/mol. The minimum Gasteiger partial charge on any atom is -0.491 e. The largest absolute Gasteiger partial charge is 0.491 e. The molecular weight excluding hydrogens is 302 g/mol. The molecule has 1 unspecified atom stereocenters. The number of ether oxygens (including phenoxy) is 1. The van der Waals surface area contributed by atoms with Gasteiger partial charge in [0.15, 0.2) is 0 Å². The highest BCUT2D eigenvalue weighted by Gasteiger charge is 2.24. The highest BCUT2D eigenvalue weighted by molar-refractivity contribution is 5.90. The zero-order chi connectivity index (χ0) is 16.8. The maximum atomic E-state index is 11.2. The summed E-state index contributed by atoms with van der Waals surface area (Å²) in [5, 5.41) is 9.19. The highest BCUT2D eigenvalue weighted by Crippen LogP contribution is 2.22. The summed E-state index contributed by atoms with van der Waals surface area (Å²) < 4.78 is 5.74. The molecule has 4 heteroatoms. The molecule has 2 aromatic carbocycles. The monoisotopic (exact) mass is 325 g/mol. The van der Waals surface area contributed by atoms with E-state index >= 15 is 0 Å². The second kappa shape index (κ2) is 7.97. The number of hydrogen-bond acceptors (Lipinski definition) is 3. The Morgan fingerprint density at radius 3 is 2.67 bits per heavy atom. The number of carboxylic acids is 1. The Labute approximate surface area is 142 Å². The number of nitrogens with zero attached hydrogens (tertiary/aromatic N) is 1. The second-order valence-corrected chi connectivity index (χ2v) is 6.17. The minimum absolute atomic E-state index is 0.222. The van der Waals surface area contributed by atoms with E-state index in [1.54, 1.807) is 24.3 Å². The number of hydrogen-bond donors (Lipinski definition) is 1. The van der Waals surface area contributed by atoms with Crippen LogP contribution in [-0.4, -0.2) is 41.7 Å². The summed E-state index contributed by atoms with van der Waals surface area (Å²) in [6, 6.07) is 17.9. The van der Waals surface area contributed by atoms with E-state index in [4.69, 9.17) is 4.74 Å². The summed E-state index contributed by atoms with van der Waals surface area (Å²) in [6.07, 6.45) is 3.48. The molecule has 126 valence electrons. The highest BCUT2D eigenvalue weighted by atomic mass is 16.5. The summed E-state index contributed by atoms with van der Waals surface area (Å²) >= 11 is 0. The van der Waals surface area contributed by atoms with Crippen LogP contribution in [0, 0.1) is 0 Å². The first kappa shape index (κ1) is 16.5. The van der Waals surface area contributed by atoms with Gasteiger partial charge in [0.1, 0.15) is 17.9 Å². The van der Waals surface area contributed by atoms with Crippen molar-refractivity contribution in [3.63, 3.8) is 0 Å². The second-order valence-electron chi connectivity index (χ2n) is 6.17. The van der Waals surface area contributed by atoms with Gasteiger partial charge >= 0.3 is 5.97 Å². The molecule has 1 heterocycles. The van der Waals surface area contributed by atoms with E-state index in [9.17, 15) is 9.90 Å². The summed E-state index contributed by atoms with van der Waals surface area (Å²) in [7, 11) is 0. The molecule has 0 radical (unpaired) electrons. The Bertz CT molecular complexity index is 672. The van der Waals surface area contributed by atoms with Crippen molar-refractivity contribution in [2.75, 3.05) is 19.7 Å². The first-order valence-electron chi connectivity index (χ1n) is 8.47. The summed E-state index contributed by atoms with van der Waals surface area (Å²) in [6.45, 7) is 2.42. The van der Waals surface area contributed by atoms with Crippen molar-refractivity contribution < 1.29 is 14.6 Å². The molecule has 1 atom stereocenters. The third-order valence-corrected chi connectivity index (χ3v) is 4.57. The van der Waals surface area contributed by atoms with Gasteiger partial charge in [-0.15, -0.1) is 0 Å². The van der Waals surface area contributed by atoms with Gasteiger partial charge in [-0.2, -0.15) is 0 Å². The molecule has 1 aliphatic heterocycles. The molecule has 24 heavy (non-hydrogen) atoms. The van der Waals surface area contributed by atoms with Gasteiger partial charge in [0.2, 0.25) is 0 Å². The van der Waals surface area contributed by atoms with Gasteiger partial charge in [-0.25, -0.2) is 4.79 Å². The maximum Gasteiger partial charge on any atom is 0.339 e. The third-order valence-electron chi connectivity index (χ3n) is 4.57. The van der Waals surface area contributed by atoms with E-state index in [0.717, 1.165) is 19.5 Å². The lowest BCUT2D eigenvalue weighted by Gasteiger charge is -2.24. The van der Waals surface area contributed by atoms with Gasteiger partial charge < -0.3 is 9.84 Å².